The van der Waals surface area contributed by atoms with Crippen molar-refractivity contribution < 1.29 is 19.1 Å². The zero-order chi connectivity index (χ0) is 30.3. The first-order valence-electron chi connectivity index (χ1n) is 14.3. The molecule has 0 N–H and O–H groups in total. The molecule has 0 fully saturated rings. The van der Waals surface area contributed by atoms with Gasteiger partial charge >= 0.3 is 11.9 Å². The molecule has 43 heavy (non-hydrogen) atoms. The Morgan fingerprint density at radius 1 is 0.581 bits per heavy atom. The van der Waals surface area contributed by atoms with Crippen LogP contribution in [-0.2, 0) is 19.1 Å². The lowest BCUT2D eigenvalue weighted by atomic mass is 10.3. The summed E-state index contributed by atoms with van der Waals surface area (Å²) in [5.74, 6) is -0.958. The smallest absolute Gasteiger partial charge is 0.317 e. The summed E-state index contributed by atoms with van der Waals surface area (Å²) in [6.45, 7) is 5.87. The van der Waals surface area contributed by atoms with Crippen molar-refractivity contribution >= 4 is 54.8 Å². The molecule has 4 aromatic carbocycles. The fourth-order valence-corrected chi connectivity index (χ4v) is 20.5. The van der Waals surface area contributed by atoms with Gasteiger partial charge in [0.15, 0.2) is 0 Å². The molecule has 2 unspecified atom stereocenters. The molecule has 5 rings (SSSR count). The molecule has 222 valence electrons. The molecule has 0 aromatic heterocycles. The van der Waals surface area contributed by atoms with Crippen molar-refractivity contribution in [2.24, 2.45) is 13.5 Å². The Balaban J connectivity index is 2.00. The van der Waals surface area contributed by atoms with Crippen molar-refractivity contribution in [2.45, 2.75) is 25.9 Å². The van der Waals surface area contributed by atoms with Gasteiger partial charge in [-0.1, -0.05) is 121 Å². The fourth-order valence-electron chi connectivity index (χ4n) is 5.22. The molecule has 0 saturated heterocycles. The largest absolute Gasteiger partial charge is 0.466 e. The summed E-state index contributed by atoms with van der Waals surface area (Å²) < 4.78 is 28.2. The molecule has 0 spiro atoms. The van der Waals surface area contributed by atoms with Crippen LogP contribution in [0, 0.1) is 0 Å². The van der Waals surface area contributed by atoms with Gasteiger partial charge in [0.2, 0.25) is 0 Å². The molecule has 1 heterocycles. The number of hydrogen-bond donors (Lipinski definition) is 0. The van der Waals surface area contributed by atoms with Gasteiger partial charge in [0.25, 0.3) is 0 Å². The zero-order valence-electron chi connectivity index (χ0n) is 24.6. The Kier molecular flexibility index (Phi) is 9.67. The van der Waals surface area contributed by atoms with Crippen LogP contribution in [0.1, 0.15) is 20.3 Å². The summed E-state index contributed by atoms with van der Waals surface area (Å²) >= 11 is 0. The summed E-state index contributed by atoms with van der Waals surface area (Å²) in [4.78, 5) is 26.9. The van der Waals surface area contributed by atoms with Gasteiger partial charge in [-0.25, -0.2) is 13.5 Å². The number of rotatable bonds is 10. The van der Waals surface area contributed by atoms with E-state index >= 15 is 0 Å². The molecule has 7 nitrogen and oxygen atoms in total. The summed E-state index contributed by atoms with van der Waals surface area (Å²) in [5, 5.41) is 3.88. The highest BCUT2D eigenvalue weighted by molar-refractivity contribution is 7.97. The topological polar surface area (TPSA) is 89.7 Å². The number of nitrogens with zero attached hydrogens (tertiary/aromatic N) is 3. The number of esters is 2. The van der Waals surface area contributed by atoms with E-state index in [2.05, 4.69) is 48.5 Å². The number of ether oxygens (including phenoxy) is 2. The van der Waals surface area contributed by atoms with Gasteiger partial charge < -0.3 is 9.47 Å². The number of carbonyl (C=O) groups excluding carboxylic acids is 2. The van der Waals surface area contributed by atoms with Crippen molar-refractivity contribution in [2.75, 3.05) is 19.9 Å². The van der Waals surface area contributed by atoms with Crippen LogP contribution in [0.3, 0.4) is 0 Å². The van der Waals surface area contributed by atoms with E-state index in [1.54, 1.807) is 13.8 Å². The van der Waals surface area contributed by atoms with Crippen LogP contribution < -0.4 is 21.2 Å². The minimum absolute atomic E-state index is 0.170. The number of benzene rings is 4. The van der Waals surface area contributed by atoms with Crippen LogP contribution >= 0.6 is 21.6 Å². The minimum Gasteiger partial charge on any atom is -0.466 e. The van der Waals surface area contributed by atoms with Crippen molar-refractivity contribution in [3.05, 3.63) is 121 Å². The maximum atomic E-state index is 13.8. The van der Waals surface area contributed by atoms with Gasteiger partial charge in [-0.05, 0) is 20.5 Å². The molecule has 10 heteroatoms. The van der Waals surface area contributed by atoms with E-state index in [1.165, 1.54) is 0 Å². The third kappa shape index (κ3) is 6.27. The van der Waals surface area contributed by atoms with Gasteiger partial charge in [0.05, 0.1) is 26.8 Å². The summed E-state index contributed by atoms with van der Waals surface area (Å²) in [7, 11) is -8.95. The van der Waals surface area contributed by atoms with E-state index in [0.717, 1.165) is 21.2 Å². The highest BCUT2D eigenvalue weighted by Crippen LogP contribution is 2.77. The number of hydrogen-bond acceptors (Lipinski definition) is 7. The molecule has 4 aromatic rings. The third-order valence-electron chi connectivity index (χ3n) is 7.16. The van der Waals surface area contributed by atoms with Crippen LogP contribution in [-0.4, -0.2) is 37.5 Å². The van der Waals surface area contributed by atoms with Crippen LogP contribution in [0.15, 0.2) is 135 Å². The van der Waals surface area contributed by atoms with Gasteiger partial charge in [-0.3, -0.25) is 9.59 Å². The first-order chi connectivity index (χ1) is 20.9. The molecule has 0 radical (unpaired) electrons. The predicted octanol–water partition coefficient (Wildman–Crippen LogP) is 7.17. The van der Waals surface area contributed by atoms with E-state index < -0.39 is 39.2 Å². The minimum atomic E-state index is -3.06. The molecular formula is C33H36N3O4P3. The second-order valence-electron chi connectivity index (χ2n) is 10.1. The van der Waals surface area contributed by atoms with Gasteiger partial charge in [-0.2, -0.15) is 0 Å². The van der Waals surface area contributed by atoms with E-state index in [9.17, 15) is 9.59 Å². The second-order valence-corrected chi connectivity index (χ2v) is 19.3. The van der Waals surface area contributed by atoms with E-state index in [-0.39, 0.29) is 19.6 Å². The Morgan fingerprint density at radius 3 is 1.33 bits per heavy atom. The van der Waals surface area contributed by atoms with Crippen LogP contribution in [0.5, 0.6) is 0 Å². The first kappa shape index (κ1) is 31.0. The fraction of sp³-hybridized carbons (Fsp3) is 0.212. The van der Waals surface area contributed by atoms with Crippen LogP contribution in [0.2, 0.25) is 0 Å². The van der Waals surface area contributed by atoms with Gasteiger partial charge in [0.1, 0.15) is 20.1 Å². The second kappa shape index (κ2) is 13.4. The quantitative estimate of drug-likeness (QED) is 0.137. The van der Waals surface area contributed by atoms with E-state index in [4.69, 9.17) is 23.0 Å². The number of carbonyl (C=O) groups is 2. The average Bonchev–Trinajstić information content (AvgIpc) is 3.05. The maximum absolute atomic E-state index is 13.8. The maximum Gasteiger partial charge on any atom is 0.317 e. The normalized spacial score (nSPS) is 19.0. The molecule has 1 aliphatic heterocycles. The monoisotopic (exact) mass is 631 g/mol. The highest BCUT2D eigenvalue weighted by Gasteiger charge is 2.45. The summed E-state index contributed by atoms with van der Waals surface area (Å²) in [5.41, 5.74) is -0.916. The zero-order valence-corrected chi connectivity index (χ0v) is 27.2. The summed E-state index contributed by atoms with van der Waals surface area (Å²) in [6.07, 6.45) is -0.170. The Morgan fingerprint density at radius 2 is 0.953 bits per heavy atom. The lowest BCUT2D eigenvalue weighted by molar-refractivity contribution is -0.149. The van der Waals surface area contributed by atoms with Crippen LogP contribution in [0.4, 0.5) is 0 Å². The molecule has 0 saturated carbocycles. The lowest BCUT2D eigenvalue weighted by Crippen LogP contribution is -2.29. The molecule has 0 aliphatic carbocycles. The molecule has 0 amide bonds. The first-order valence-corrected chi connectivity index (χ1v) is 19.9. The SMILES string of the molecule is CCOC(=O)CC(C(=O)OCC)P1(C)=NP(c2ccccc2)(c2ccccc2)=NP(c2ccccc2)(c2ccccc2)=N1. The highest BCUT2D eigenvalue weighted by atomic mass is 31.3. The molecule has 2 atom stereocenters. The average molecular weight is 632 g/mol. The predicted molar refractivity (Wildman–Crippen MR) is 180 cm³/mol. The van der Waals surface area contributed by atoms with Crippen molar-refractivity contribution in [1.82, 2.24) is 0 Å². The Hall–Kier alpha value is -3.49. The third-order valence-corrected chi connectivity index (χ3v) is 19.8. The van der Waals surface area contributed by atoms with E-state index in [0.29, 0.717) is 0 Å². The van der Waals surface area contributed by atoms with Crippen LogP contribution in [0.25, 0.3) is 0 Å². The van der Waals surface area contributed by atoms with Gasteiger partial charge in [-0.15, -0.1) is 0 Å². The molecule has 0 bridgehead atoms. The van der Waals surface area contributed by atoms with Crippen molar-refractivity contribution in [3.63, 3.8) is 0 Å². The Labute approximate surface area is 254 Å². The van der Waals surface area contributed by atoms with Crippen molar-refractivity contribution in [3.8, 4) is 0 Å². The Bertz CT molecular complexity index is 1580. The summed E-state index contributed by atoms with van der Waals surface area (Å²) in [6, 6.07) is 40.5. The van der Waals surface area contributed by atoms with Crippen molar-refractivity contribution in [1.29, 1.82) is 0 Å². The lowest BCUT2D eigenvalue weighted by Gasteiger charge is -2.38. The van der Waals surface area contributed by atoms with E-state index in [1.807, 2.05) is 79.5 Å². The van der Waals surface area contributed by atoms with Gasteiger partial charge in [0, 0.05) is 21.2 Å². The standard InChI is InChI=1S/C33H36N3O4P3/c1-4-39-32(37)26-31(33(38)40-5-2)41(3)34-42(27-18-10-6-11-19-27,28-20-12-7-13-21-28)36-43(35-41,29-22-14-8-15-23-29)30-24-16-9-17-25-30/h6-25,31H,4-5,26H2,1-3H3. The molecule has 1 aliphatic rings. The molecular weight excluding hydrogens is 595 g/mol.